The van der Waals surface area contributed by atoms with Gasteiger partial charge in [-0.1, -0.05) is 45.7 Å². The summed E-state index contributed by atoms with van der Waals surface area (Å²) in [5, 5.41) is 3.43. The van der Waals surface area contributed by atoms with Crippen LogP contribution in [-0.2, 0) is 11.3 Å². The number of halogens is 1. The van der Waals surface area contributed by atoms with Gasteiger partial charge in [-0.15, -0.1) is 0 Å². The number of fused-ring (bicyclic) bond motifs is 1. The Labute approximate surface area is 133 Å². The third-order valence-electron chi connectivity index (χ3n) is 2.95. The lowest BCUT2D eigenvalue weighted by atomic mass is 10.3. The van der Waals surface area contributed by atoms with E-state index in [4.69, 9.17) is 0 Å². The summed E-state index contributed by atoms with van der Waals surface area (Å²) in [5.41, 5.74) is 0.573. The first-order valence-electron chi connectivity index (χ1n) is 6.28. The Morgan fingerprint density at radius 1 is 1.19 bits per heavy atom. The van der Waals surface area contributed by atoms with Crippen LogP contribution in [0.4, 0.5) is 5.69 Å². The number of rotatable bonds is 3. The summed E-state index contributed by atoms with van der Waals surface area (Å²) in [4.78, 5) is 24.2. The van der Waals surface area contributed by atoms with E-state index in [0.717, 1.165) is 9.17 Å². The van der Waals surface area contributed by atoms with E-state index in [1.165, 1.54) is 15.5 Å². The van der Waals surface area contributed by atoms with Crippen molar-refractivity contribution in [1.29, 1.82) is 0 Å². The molecule has 21 heavy (non-hydrogen) atoms. The monoisotopic (exact) mass is 362 g/mol. The molecule has 0 aliphatic rings. The predicted octanol–water partition coefficient (Wildman–Crippen LogP) is 3.46. The van der Waals surface area contributed by atoms with Crippen LogP contribution in [0.2, 0.25) is 0 Å². The van der Waals surface area contributed by atoms with Gasteiger partial charge in [-0.25, -0.2) is 0 Å². The molecule has 3 rings (SSSR count). The van der Waals surface area contributed by atoms with Gasteiger partial charge in [0.05, 0.1) is 10.1 Å². The fourth-order valence-electron chi connectivity index (χ4n) is 2.02. The topological polar surface area (TPSA) is 51.1 Å². The van der Waals surface area contributed by atoms with Gasteiger partial charge in [-0.05, 0) is 30.3 Å². The summed E-state index contributed by atoms with van der Waals surface area (Å²) in [5.74, 6) is -0.221. The minimum Gasteiger partial charge on any atom is -0.324 e. The number of nitrogens with zero attached hydrogens (tertiary/aromatic N) is 1. The fourth-order valence-corrected chi connectivity index (χ4v) is 3.41. The van der Waals surface area contributed by atoms with E-state index >= 15 is 0 Å². The van der Waals surface area contributed by atoms with E-state index in [-0.39, 0.29) is 18.0 Å². The first-order chi connectivity index (χ1) is 10.1. The first kappa shape index (κ1) is 14.0. The quantitative estimate of drug-likeness (QED) is 0.775. The van der Waals surface area contributed by atoms with Crippen molar-refractivity contribution in [3.05, 3.63) is 63.4 Å². The van der Waals surface area contributed by atoms with E-state index in [1.54, 1.807) is 12.1 Å². The molecule has 0 aliphatic carbocycles. The van der Waals surface area contributed by atoms with Gasteiger partial charge in [0.15, 0.2) is 0 Å². The van der Waals surface area contributed by atoms with Gasteiger partial charge in [0.2, 0.25) is 5.91 Å². The molecule has 2 aromatic carbocycles. The molecule has 1 N–H and O–H groups in total. The van der Waals surface area contributed by atoms with Gasteiger partial charge in [-0.2, -0.15) is 0 Å². The van der Waals surface area contributed by atoms with Crippen molar-refractivity contribution in [3.63, 3.8) is 0 Å². The minimum atomic E-state index is -0.221. The van der Waals surface area contributed by atoms with Crippen LogP contribution in [-0.4, -0.2) is 9.86 Å². The summed E-state index contributed by atoms with van der Waals surface area (Å²) >= 11 is 4.65. The van der Waals surface area contributed by atoms with Crippen molar-refractivity contribution in [2.45, 2.75) is 6.54 Å². The van der Waals surface area contributed by atoms with Crippen LogP contribution in [0.3, 0.4) is 0 Å². The molecule has 1 amide bonds. The molecule has 0 saturated heterocycles. The second-order valence-electron chi connectivity index (χ2n) is 4.49. The molecule has 6 heteroatoms. The minimum absolute atomic E-state index is 0.0185. The van der Waals surface area contributed by atoms with E-state index in [2.05, 4.69) is 21.2 Å². The highest BCUT2D eigenvalue weighted by Crippen LogP contribution is 2.17. The second kappa shape index (κ2) is 5.83. The number of aromatic nitrogens is 1. The standard InChI is InChI=1S/C15H11BrN2O2S/c16-10-4-3-5-11(8-10)17-14(19)9-18-15(20)12-6-1-2-7-13(12)21-18/h1-8H,9H2,(H,17,19). The Balaban J connectivity index is 1.80. The molecule has 106 valence electrons. The van der Waals surface area contributed by atoms with E-state index < -0.39 is 0 Å². The average Bonchev–Trinajstić information content (AvgIpc) is 2.76. The summed E-state index contributed by atoms with van der Waals surface area (Å²) in [6.45, 7) is 0.0185. The highest BCUT2D eigenvalue weighted by atomic mass is 79.9. The highest BCUT2D eigenvalue weighted by molar-refractivity contribution is 9.10. The lowest BCUT2D eigenvalue weighted by molar-refractivity contribution is -0.116. The maximum Gasteiger partial charge on any atom is 0.268 e. The lowest BCUT2D eigenvalue weighted by Crippen LogP contribution is -2.23. The number of hydrogen-bond acceptors (Lipinski definition) is 3. The van der Waals surface area contributed by atoms with Crippen LogP contribution in [0.5, 0.6) is 0 Å². The highest BCUT2D eigenvalue weighted by Gasteiger charge is 2.10. The van der Waals surface area contributed by atoms with Gasteiger partial charge >= 0.3 is 0 Å². The molecule has 4 nitrogen and oxygen atoms in total. The number of amides is 1. The SMILES string of the molecule is O=C(Cn1sc2ccccc2c1=O)Nc1cccc(Br)c1. The van der Waals surface area contributed by atoms with Crippen LogP contribution in [0.25, 0.3) is 10.1 Å². The molecule has 0 unspecified atom stereocenters. The van der Waals surface area contributed by atoms with Crippen LogP contribution in [0, 0.1) is 0 Å². The molecule has 0 bridgehead atoms. The number of carbonyl (C=O) groups excluding carboxylic acids is 1. The number of nitrogens with one attached hydrogen (secondary N) is 1. The normalized spacial score (nSPS) is 10.7. The smallest absolute Gasteiger partial charge is 0.268 e. The van der Waals surface area contributed by atoms with Gasteiger partial charge < -0.3 is 5.32 Å². The Morgan fingerprint density at radius 3 is 2.76 bits per heavy atom. The Morgan fingerprint density at radius 2 is 2.00 bits per heavy atom. The number of anilines is 1. The molecule has 3 aromatic rings. The van der Waals surface area contributed by atoms with Crippen LogP contribution in [0.15, 0.2) is 57.8 Å². The van der Waals surface area contributed by atoms with Crippen LogP contribution >= 0.6 is 27.5 Å². The van der Waals surface area contributed by atoms with Gasteiger partial charge in [-0.3, -0.25) is 13.5 Å². The predicted molar refractivity (Wildman–Crippen MR) is 88.9 cm³/mol. The van der Waals surface area contributed by atoms with Gasteiger partial charge in [0.25, 0.3) is 5.56 Å². The molecule has 0 saturated carbocycles. The van der Waals surface area contributed by atoms with Crippen molar-refractivity contribution in [2.75, 3.05) is 5.32 Å². The molecule has 0 radical (unpaired) electrons. The lowest BCUT2D eigenvalue weighted by Gasteiger charge is -2.05. The Hall–Kier alpha value is -1.92. The number of hydrogen-bond donors (Lipinski definition) is 1. The molecular formula is C15H11BrN2O2S. The average molecular weight is 363 g/mol. The first-order valence-corrected chi connectivity index (χ1v) is 7.84. The van der Waals surface area contributed by atoms with Crippen molar-refractivity contribution in [2.24, 2.45) is 0 Å². The molecule has 0 fully saturated rings. The molecular weight excluding hydrogens is 352 g/mol. The van der Waals surface area contributed by atoms with Crippen molar-refractivity contribution < 1.29 is 4.79 Å². The summed E-state index contributed by atoms with van der Waals surface area (Å²) < 4.78 is 3.25. The summed E-state index contributed by atoms with van der Waals surface area (Å²) in [7, 11) is 0. The molecule has 0 aliphatic heterocycles. The Bertz CT molecular complexity index is 869. The zero-order valence-corrected chi connectivity index (χ0v) is 13.3. The van der Waals surface area contributed by atoms with Gasteiger partial charge in [0, 0.05) is 10.2 Å². The van der Waals surface area contributed by atoms with Crippen molar-refractivity contribution in [3.8, 4) is 0 Å². The van der Waals surface area contributed by atoms with E-state index in [1.807, 2.05) is 36.4 Å². The summed E-state index contributed by atoms with van der Waals surface area (Å²) in [6, 6.07) is 14.7. The van der Waals surface area contributed by atoms with Crippen molar-refractivity contribution >= 4 is 49.1 Å². The van der Waals surface area contributed by atoms with Crippen molar-refractivity contribution in [1.82, 2.24) is 3.96 Å². The maximum atomic E-state index is 12.2. The fraction of sp³-hybridized carbons (Fsp3) is 0.0667. The third kappa shape index (κ3) is 3.06. The van der Waals surface area contributed by atoms with Crippen LogP contribution in [0.1, 0.15) is 0 Å². The molecule has 0 spiro atoms. The molecule has 1 aromatic heterocycles. The van der Waals surface area contributed by atoms with Crippen LogP contribution < -0.4 is 10.9 Å². The Kier molecular flexibility index (Phi) is 3.90. The van der Waals surface area contributed by atoms with E-state index in [0.29, 0.717) is 11.1 Å². The largest absolute Gasteiger partial charge is 0.324 e. The zero-order chi connectivity index (χ0) is 14.8. The maximum absolute atomic E-state index is 12.2. The van der Waals surface area contributed by atoms with Gasteiger partial charge in [0.1, 0.15) is 6.54 Å². The van der Waals surface area contributed by atoms with E-state index in [9.17, 15) is 9.59 Å². The number of carbonyl (C=O) groups is 1. The zero-order valence-electron chi connectivity index (χ0n) is 10.9. The third-order valence-corrected chi connectivity index (χ3v) is 4.51. The summed E-state index contributed by atoms with van der Waals surface area (Å²) in [6.07, 6.45) is 0. The molecule has 1 heterocycles. The number of benzene rings is 2. The molecule has 0 atom stereocenters. The second-order valence-corrected chi connectivity index (χ2v) is 6.47.